The highest BCUT2D eigenvalue weighted by Crippen LogP contribution is 2.34. The van der Waals surface area contributed by atoms with Crippen LogP contribution in [0.2, 0.25) is 0 Å². The number of hydrogen-bond acceptors (Lipinski definition) is 5. The Morgan fingerprint density at radius 1 is 1.22 bits per heavy atom. The van der Waals surface area contributed by atoms with E-state index in [0.717, 1.165) is 12.0 Å². The topological polar surface area (TPSA) is 113 Å². The number of nitrogens with zero attached hydrogens (tertiary/aromatic N) is 2. The number of hydrogen-bond donors (Lipinski definition) is 2. The number of sulfonamides is 1. The van der Waals surface area contributed by atoms with Crippen molar-refractivity contribution in [3.05, 3.63) is 54.1 Å². The van der Waals surface area contributed by atoms with E-state index in [2.05, 4.69) is 5.32 Å². The molecule has 2 aromatic carbocycles. The van der Waals surface area contributed by atoms with Crippen molar-refractivity contribution < 1.29 is 18.0 Å². The molecular formula is C23H30N4O4S. The SMILES string of the molecule is CCCN(CC(=O)N1c2ccc(S(N)(=O)=O)cc2CC1C)C(C)C(=O)Nc1ccccc1. The third-order valence-corrected chi connectivity index (χ3v) is 6.59. The first-order valence-corrected chi connectivity index (χ1v) is 12.2. The molecule has 32 heavy (non-hydrogen) atoms. The highest BCUT2D eigenvalue weighted by molar-refractivity contribution is 7.89. The first kappa shape index (κ1) is 23.9. The summed E-state index contributed by atoms with van der Waals surface area (Å²) in [6.07, 6.45) is 1.34. The van der Waals surface area contributed by atoms with Crippen LogP contribution < -0.4 is 15.4 Å². The van der Waals surface area contributed by atoms with Crippen LogP contribution in [0.3, 0.4) is 0 Å². The van der Waals surface area contributed by atoms with E-state index in [-0.39, 0.29) is 29.3 Å². The molecule has 0 radical (unpaired) electrons. The van der Waals surface area contributed by atoms with Gasteiger partial charge < -0.3 is 10.2 Å². The number of rotatable bonds is 8. The molecule has 0 saturated carbocycles. The summed E-state index contributed by atoms with van der Waals surface area (Å²) in [5, 5.41) is 8.14. The van der Waals surface area contributed by atoms with Gasteiger partial charge in [-0.25, -0.2) is 13.6 Å². The van der Waals surface area contributed by atoms with Crippen molar-refractivity contribution in [2.45, 2.75) is 50.6 Å². The zero-order valence-corrected chi connectivity index (χ0v) is 19.4. The van der Waals surface area contributed by atoms with Gasteiger partial charge >= 0.3 is 0 Å². The Morgan fingerprint density at radius 3 is 2.53 bits per heavy atom. The lowest BCUT2D eigenvalue weighted by Gasteiger charge is -2.31. The lowest BCUT2D eigenvalue weighted by Crippen LogP contribution is -2.49. The zero-order chi connectivity index (χ0) is 23.5. The Balaban J connectivity index is 1.75. The third kappa shape index (κ3) is 5.35. The van der Waals surface area contributed by atoms with Crippen molar-refractivity contribution in [2.24, 2.45) is 5.14 Å². The van der Waals surface area contributed by atoms with Gasteiger partial charge in [0.15, 0.2) is 0 Å². The summed E-state index contributed by atoms with van der Waals surface area (Å²) in [7, 11) is -3.81. The average molecular weight is 459 g/mol. The van der Waals surface area contributed by atoms with Crippen molar-refractivity contribution in [1.29, 1.82) is 0 Å². The molecule has 9 heteroatoms. The first-order chi connectivity index (χ1) is 15.1. The van der Waals surface area contributed by atoms with Gasteiger partial charge in [-0.05, 0) is 69.1 Å². The van der Waals surface area contributed by atoms with Crippen LogP contribution >= 0.6 is 0 Å². The van der Waals surface area contributed by atoms with Crippen LogP contribution in [0, 0.1) is 0 Å². The maximum Gasteiger partial charge on any atom is 0.241 e. The van der Waals surface area contributed by atoms with Crippen LogP contribution in [0.25, 0.3) is 0 Å². The summed E-state index contributed by atoms with van der Waals surface area (Å²) < 4.78 is 23.3. The monoisotopic (exact) mass is 458 g/mol. The normalized spacial score (nSPS) is 16.7. The fraction of sp³-hybridized carbons (Fsp3) is 0.391. The van der Waals surface area contributed by atoms with E-state index in [1.165, 1.54) is 12.1 Å². The van der Waals surface area contributed by atoms with Crippen molar-refractivity contribution in [2.75, 3.05) is 23.3 Å². The molecule has 0 aliphatic carbocycles. The number of fused-ring (bicyclic) bond motifs is 1. The molecule has 1 aliphatic rings. The molecular weight excluding hydrogens is 428 g/mol. The number of carbonyl (C=O) groups excluding carboxylic acids is 2. The van der Waals surface area contributed by atoms with E-state index >= 15 is 0 Å². The van der Waals surface area contributed by atoms with Crippen LogP contribution in [0.15, 0.2) is 53.4 Å². The summed E-state index contributed by atoms with van der Waals surface area (Å²) in [5.41, 5.74) is 2.17. The number of benzene rings is 2. The van der Waals surface area contributed by atoms with Gasteiger partial charge in [-0.3, -0.25) is 14.5 Å². The molecule has 3 N–H and O–H groups in total. The van der Waals surface area contributed by atoms with Crippen molar-refractivity contribution in [1.82, 2.24) is 4.90 Å². The van der Waals surface area contributed by atoms with E-state index in [1.807, 2.05) is 49.1 Å². The van der Waals surface area contributed by atoms with E-state index in [9.17, 15) is 18.0 Å². The molecule has 0 bridgehead atoms. The van der Waals surface area contributed by atoms with Crippen molar-refractivity contribution in [3.8, 4) is 0 Å². The zero-order valence-electron chi connectivity index (χ0n) is 18.6. The molecule has 1 aliphatic heterocycles. The second-order valence-corrected chi connectivity index (χ2v) is 9.72. The Labute approximate surface area is 189 Å². The van der Waals surface area contributed by atoms with E-state index in [0.29, 0.717) is 24.3 Å². The predicted octanol–water partition coefficient (Wildman–Crippen LogP) is 2.35. The van der Waals surface area contributed by atoms with Crippen LogP contribution in [-0.4, -0.2) is 50.3 Å². The minimum absolute atomic E-state index is 0.0385. The molecule has 0 fully saturated rings. The largest absolute Gasteiger partial charge is 0.325 e. The van der Waals surface area contributed by atoms with Crippen LogP contribution in [0.5, 0.6) is 0 Å². The summed E-state index contributed by atoms with van der Waals surface area (Å²) in [6, 6.07) is 13.2. The fourth-order valence-electron chi connectivity index (χ4n) is 4.05. The highest BCUT2D eigenvalue weighted by atomic mass is 32.2. The molecule has 1 heterocycles. The van der Waals surface area contributed by atoms with Gasteiger partial charge in [-0.1, -0.05) is 25.1 Å². The molecule has 2 atom stereocenters. The van der Waals surface area contributed by atoms with Gasteiger partial charge in [0.2, 0.25) is 21.8 Å². The number of carbonyl (C=O) groups is 2. The summed E-state index contributed by atoms with van der Waals surface area (Å²) in [6.45, 7) is 6.39. The summed E-state index contributed by atoms with van der Waals surface area (Å²) in [4.78, 5) is 29.7. The quantitative estimate of drug-likeness (QED) is 0.631. The van der Waals surface area contributed by atoms with Gasteiger partial charge in [0, 0.05) is 17.4 Å². The van der Waals surface area contributed by atoms with E-state index < -0.39 is 16.1 Å². The minimum Gasteiger partial charge on any atom is -0.325 e. The maximum atomic E-state index is 13.3. The number of amides is 2. The van der Waals surface area contributed by atoms with Gasteiger partial charge in [-0.15, -0.1) is 0 Å². The average Bonchev–Trinajstić information content (AvgIpc) is 3.07. The van der Waals surface area contributed by atoms with E-state index in [4.69, 9.17) is 5.14 Å². The lowest BCUT2D eigenvalue weighted by molar-refractivity contribution is -0.124. The molecule has 3 rings (SSSR count). The smallest absolute Gasteiger partial charge is 0.241 e. The Hall–Kier alpha value is -2.75. The molecule has 8 nitrogen and oxygen atoms in total. The Bertz CT molecular complexity index is 1090. The second kappa shape index (κ2) is 9.81. The Morgan fingerprint density at radius 2 is 1.91 bits per heavy atom. The van der Waals surface area contributed by atoms with Gasteiger partial charge in [0.1, 0.15) is 0 Å². The van der Waals surface area contributed by atoms with E-state index in [1.54, 1.807) is 17.9 Å². The second-order valence-electron chi connectivity index (χ2n) is 8.15. The lowest BCUT2D eigenvalue weighted by atomic mass is 10.1. The van der Waals surface area contributed by atoms with Crippen molar-refractivity contribution >= 4 is 33.2 Å². The number of nitrogens with one attached hydrogen (secondary N) is 1. The number of anilines is 2. The molecule has 0 aromatic heterocycles. The van der Waals surface area contributed by atoms with Gasteiger partial charge in [0.05, 0.1) is 17.5 Å². The maximum absolute atomic E-state index is 13.3. The molecule has 2 aromatic rings. The fourth-order valence-corrected chi connectivity index (χ4v) is 4.61. The highest BCUT2D eigenvalue weighted by Gasteiger charge is 2.33. The number of nitrogens with two attached hydrogens (primary N) is 1. The van der Waals surface area contributed by atoms with Gasteiger partial charge in [0.25, 0.3) is 0 Å². The predicted molar refractivity (Wildman–Crippen MR) is 125 cm³/mol. The summed E-state index contributed by atoms with van der Waals surface area (Å²) in [5.74, 6) is -0.308. The van der Waals surface area contributed by atoms with Crippen LogP contribution in [0.1, 0.15) is 32.8 Å². The molecule has 2 unspecified atom stereocenters. The van der Waals surface area contributed by atoms with Gasteiger partial charge in [-0.2, -0.15) is 0 Å². The van der Waals surface area contributed by atoms with Crippen LogP contribution in [0.4, 0.5) is 11.4 Å². The number of primary sulfonamides is 1. The van der Waals surface area contributed by atoms with Crippen molar-refractivity contribution in [3.63, 3.8) is 0 Å². The molecule has 0 saturated heterocycles. The molecule has 0 spiro atoms. The standard InChI is InChI=1S/C23H30N4O4S/c1-4-12-26(17(3)23(29)25-19-8-6-5-7-9-19)15-22(28)27-16(2)13-18-14-20(32(24,30)31)10-11-21(18)27/h5-11,14,16-17H,4,12-13,15H2,1-3H3,(H,25,29)(H2,24,30,31). The first-order valence-electron chi connectivity index (χ1n) is 10.7. The van der Waals surface area contributed by atoms with Crippen LogP contribution in [-0.2, 0) is 26.0 Å². The Kier molecular flexibility index (Phi) is 7.33. The molecule has 172 valence electrons. The third-order valence-electron chi connectivity index (χ3n) is 5.68. The summed E-state index contributed by atoms with van der Waals surface area (Å²) >= 11 is 0. The molecule has 2 amide bonds. The minimum atomic E-state index is -3.81. The number of para-hydroxylation sites is 1.